The Kier molecular flexibility index (Phi) is 5.92. The third-order valence-corrected chi connectivity index (χ3v) is 2.89. The average Bonchev–Trinajstić information content (AvgIpc) is 2.36. The maximum atomic E-state index is 12.3. The SMILES string of the molecule is C#CC(COC)NC(=O)c1cccc(SC(F)(F)F)c1. The van der Waals surface area contributed by atoms with Crippen molar-refractivity contribution in [3.63, 3.8) is 0 Å². The predicted molar refractivity (Wildman–Crippen MR) is 70.3 cm³/mol. The van der Waals surface area contributed by atoms with E-state index in [0.717, 1.165) is 6.07 Å². The van der Waals surface area contributed by atoms with Crippen LogP contribution in [0.15, 0.2) is 29.2 Å². The first-order valence-electron chi connectivity index (χ1n) is 5.47. The third kappa shape index (κ3) is 5.55. The molecule has 1 amide bonds. The number of ether oxygens (including phenoxy) is 1. The molecule has 0 heterocycles. The molecular formula is C13H12F3NO2S. The Bertz CT molecular complexity index is 511. The molecule has 0 radical (unpaired) electrons. The first-order chi connectivity index (χ1) is 9.35. The largest absolute Gasteiger partial charge is 0.446 e. The van der Waals surface area contributed by atoms with Crippen LogP contribution in [0, 0.1) is 12.3 Å². The molecule has 3 nitrogen and oxygen atoms in total. The number of rotatable bonds is 5. The Morgan fingerprint density at radius 2 is 2.25 bits per heavy atom. The van der Waals surface area contributed by atoms with Crippen molar-refractivity contribution in [1.29, 1.82) is 0 Å². The zero-order valence-electron chi connectivity index (χ0n) is 10.5. The van der Waals surface area contributed by atoms with Crippen molar-refractivity contribution in [1.82, 2.24) is 5.32 Å². The molecule has 0 saturated carbocycles. The molecule has 1 aromatic carbocycles. The molecule has 7 heteroatoms. The molecule has 1 atom stereocenters. The van der Waals surface area contributed by atoms with Crippen LogP contribution < -0.4 is 5.32 Å². The zero-order chi connectivity index (χ0) is 15.2. The molecule has 1 aromatic rings. The van der Waals surface area contributed by atoms with Crippen molar-refractivity contribution in [3.05, 3.63) is 29.8 Å². The van der Waals surface area contributed by atoms with Crippen LogP contribution in [0.3, 0.4) is 0 Å². The lowest BCUT2D eigenvalue weighted by Gasteiger charge is -2.12. The number of halogens is 3. The van der Waals surface area contributed by atoms with Gasteiger partial charge in [-0.05, 0) is 30.0 Å². The van der Waals surface area contributed by atoms with Gasteiger partial charge in [0, 0.05) is 17.6 Å². The van der Waals surface area contributed by atoms with Gasteiger partial charge in [0.05, 0.1) is 6.61 Å². The number of hydrogen-bond acceptors (Lipinski definition) is 3. The summed E-state index contributed by atoms with van der Waals surface area (Å²) in [6.45, 7) is 0.124. The van der Waals surface area contributed by atoms with E-state index in [2.05, 4.69) is 11.2 Å². The fourth-order valence-electron chi connectivity index (χ4n) is 1.37. The lowest BCUT2D eigenvalue weighted by atomic mass is 10.2. The van der Waals surface area contributed by atoms with Gasteiger partial charge in [-0.1, -0.05) is 12.0 Å². The Balaban J connectivity index is 2.79. The number of carbonyl (C=O) groups is 1. The van der Waals surface area contributed by atoms with Crippen molar-refractivity contribution >= 4 is 17.7 Å². The van der Waals surface area contributed by atoms with Crippen molar-refractivity contribution in [3.8, 4) is 12.3 Å². The van der Waals surface area contributed by atoms with Gasteiger partial charge in [-0.2, -0.15) is 13.2 Å². The van der Waals surface area contributed by atoms with Crippen molar-refractivity contribution in [2.45, 2.75) is 16.4 Å². The molecule has 108 valence electrons. The summed E-state index contributed by atoms with van der Waals surface area (Å²) in [5.74, 6) is 1.77. The smallest absolute Gasteiger partial charge is 0.382 e. The van der Waals surface area contributed by atoms with Gasteiger partial charge in [0.25, 0.3) is 5.91 Å². The number of methoxy groups -OCH3 is 1. The molecule has 0 aliphatic heterocycles. The number of amides is 1. The number of hydrogen-bond donors (Lipinski definition) is 1. The Hall–Kier alpha value is -1.65. The fourth-order valence-corrected chi connectivity index (χ4v) is 1.97. The van der Waals surface area contributed by atoms with Crippen LogP contribution in [-0.4, -0.2) is 31.2 Å². The predicted octanol–water partition coefficient (Wildman–Crippen LogP) is 2.68. The summed E-state index contributed by atoms with van der Waals surface area (Å²) in [6, 6.07) is 4.60. The number of nitrogens with one attached hydrogen (secondary N) is 1. The highest BCUT2D eigenvalue weighted by atomic mass is 32.2. The molecule has 1 N–H and O–H groups in total. The number of thioether (sulfide) groups is 1. The molecule has 0 aliphatic carbocycles. The van der Waals surface area contributed by atoms with E-state index < -0.39 is 17.5 Å². The molecule has 1 unspecified atom stereocenters. The zero-order valence-corrected chi connectivity index (χ0v) is 11.3. The molecule has 0 fully saturated rings. The Labute approximate surface area is 118 Å². The van der Waals surface area contributed by atoms with Crippen LogP contribution in [0.25, 0.3) is 0 Å². The molecular weight excluding hydrogens is 291 g/mol. The van der Waals surface area contributed by atoms with Crippen LogP contribution in [0.2, 0.25) is 0 Å². The Morgan fingerprint density at radius 3 is 2.80 bits per heavy atom. The van der Waals surface area contributed by atoms with E-state index in [9.17, 15) is 18.0 Å². The van der Waals surface area contributed by atoms with Gasteiger partial charge in [-0.15, -0.1) is 6.42 Å². The maximum absolute atomic E-state index is 12.3. The second-order valence-corrected chi connectivity index (χ2v) is 4.86. The van der Waals surface area contributed by atoms with E-state index in [0.29, 0.717) is 0 Å². The third-order valence-electron chi connectivity index (χ3n) is 2.17. The van der Waals surface area contributed by atoms with Gasteiger partial charge in [0.1, 0.15) is 6.04 Å². The summed E-state index contributed by atoms with van der Waals surface area (Å²) < 4.78 is 41.6. The molecule has 1 rings (SSSR count). The first kappa shape index (κ1) is 16.4. The fraction of sp³-hybridized carbons (Fsp3) is 0.308. The topological polar surface area (TPSA) is 38.3 Å². The van der Waals surface area contributed by atoms with Crippen molar-refractivity contribution < 1.29 is 22.7 Å². The normalized spacial score (nSPS) is 12.6. The molecule has 0 spiro atoms. The van der Waals surface area contributed by atoms with Gasteiger partial charge in [-0.25, -0.2) is 0 Å². The minimum absolute atomic E-state index is 0.0610. The highest BCUT2D eigenvalue weighted by Crippen LogP contribution is 2.36. The number of carbonyl (C=O) groups excluding carboxylic acids is 1. The van der Waals surface area contributed by atoms with Crippen LogP contribution >= 0.6 is 11.8 Å². The van der Waals surface area contributed by atoms with Gasteiger partial charge < -0.3 is 10.1 Å². The Morgan fingerprint density at radius 1 is 1.55 bits per heavy atom. The summed E-state index contributed by atoms with van der Waals surface area (Å²) in [4.78, 5) is 11.8. The van der Waals surface area contributed by atoms with Crippen LogP contribution in [0.1, 0.15) is 10.4 Å². The van der Waals surface area contributed by atoms with Crippen LogP contribution in [0.4, 0.5) is 13.2 Å². The number of terminal acetylenes is 1. The second kappa shape index (κ2) is 7.22. The van der Waals surface area contributed by atoms with E-state index in [1.807, 2.05) is 0 Å². The second-order valence-electron chi connectivity index (χ2n) is 3.72. The minimum atomic E-state index is -4.40. The van der Waals surface area contributed by atoms with E-state index in [1.54, 1.807) is 0 Å². The number of alkyl halides is 3. The summed E-state index contributed by atoms with van der Waals surface area (Å²) in [5.41, 5.74) is -4.29. The standard InChI is InChI=1S/C13H12F3NO2S/c1-3-10(8-19-2)17-12(18)9-5-4-6-11(7-9)20-13(14,15)16/h1,4-7,10H,8H2,2H3,(H,17,18). The quantitative estimate of drug-likeness (QED) is 0.671. The number of benzene rings is 1. The lowest BCUT2D eigenvalue weighted by Crippen LogP contribution is -2.36. The molecule has 0 aliphatic rings. The summed E-state index contributed by atoms with van der Waals surface area (Å²) in [5, 5.41) is 2.48. The molecule has 20 heavy (non-hydrogen) atoms. The van der Waals surface area contributed by atoms with Gasteiger partial charge in [-0.3, -0.25) is 4.79 Å². The highest BCUT2D eigenvalue weighted by molar-refractivity contribution is 8.00. The van der Waals surface area contributed by atoms with Gasteiger partial charge in [0.2, 0.25) is 0 Å². The first-order valence-corrected chi connectivity index (χ1v) is 6.29. The van der Waals surface area contributed by atoms with Crippen molar-refractivity contribution in [2.24, 2.45) is 0 Å². The maximum Gasteiger partial charge on any atom is 0.446 e. The van der Waals surface area contributed by atoms with E-state index in [-0.39, 0.29) is 28.8 Å². The van der Waals surface area contributed by atoms with E-state index in [1.165, 1.54) is 25.3 Å². The molecule has 0 aromatic heterocycles. The van der Waals surface area contributed by atoms with Gasteiger partial charge in [0.15, 0.2) is 0 Å². The van der Waals surface area contributed by atoms with Crippen LogP contribution in [-0.2, 0) is 4.74 Å². The lowest BCUT2D eigenvalue weighted by molar-refractivity contribution is -0.0328. The van der Waals surface area contributed by atoms with E-state index in [4.69, 9.17) is 11.2 Å². The highest BCUT2D eigenvalue weighted by Gasteiger charge is 2.29. The monoisotopic (exact) mass is 303 g/mol. The minimum Gasteiger partial charge on any atom is -0.382 e. The van der Waals surface area contributed by atoms with E-state index >= 15 is 0 Å². The van der Waals surface area contributed by atoms with Gasteiger partial charge >= 0.3 is 5.51 Å². The molecule has 0 bridgehead atoms. The summed E-state index contributed by atoms with van der Waals surface area (Å²) in [6.07, 6.45) is 5.20. The van der Waals surface area contributed by atoms with Crippen molar-refractivity contribution in [2.75, 3.05) is 13.7 Å². The summed E-state index contributed by atoms with van der Waals surface area (Å²) >= 11 is -0.278. The molecule has 0 saturated heterocycles. The average molecular weight is 303 g/mol. The summed E-state index contributed by atoms with van der Waals surface area (Å²) in [7, 11) is 1.43. The van der Waals surface area contributed by atoms with Crippen LogP contribution in [0.5, 0.6) is 0 Å².